The van der Waals surface area contributed by atoms with E-state index in [0.717, 1.165) is 23.5 Å². The van der Waals surface area contributed by atoms with Crippen molar-refractivity contribution in [1.82, 2.24) is 30.2 Å². The maximum absolute atomic E-state index is 13.5. The molecule has 55 heavy (non-hydrogen) atoms. The van der Waals surface area contributed by atoms with Gasteiger partial charge in [-0.05, 0) is 37.1 Å². The van der Waals surface area contributed by atoms with Crippen LogP contribution in [-0.2, 0) is 34.2 Å². The highest BCUT2D eigenvalue weighted by molar-refractivity contribution is 7.88. The second-order valence-corrected chi connectivity index (χ2v) is 14.3. The number of thiazole rings is 1. The Hall–Kier alpha value is -6.78. The fraction of sp³-hybridized carbons (Fsp3) is 0.182. The maximum Gasteiger partial charge on any atom is 0.353 e. The van der Waals surface area contributed by atoms with Gasteiger partial charge in [-0.3, -0.25) is 19.9 Å². The number of nitrogen functional groups attached to an aromatic ring is 1. The molecule has 1 saturated heterocycles. The van der Waals surface area contributed by atoms with Gasteiger partial charge >= 0.3 is 28.2 Å². The van der Waals surface area contributed by atoms with E-state index >= 15 is 0 Å². The number of ether oxygens (including phenoxy) is 1. The first kappa shape index (κ1) is 39.4. The van der Waals surface area contributed by atoms with Crippen LogP contribution in [0.4, 0.5) is 20.4 Å². The quantitative estimate of drug-likeness (QED) is 0.0238. The monoisotopic (exact) mass is 795 g/mol. The number of hydrazine groups is 1. The Bertz CT molecular complexity index is 2200. The summed E-state index contributed by atoms with van der Waals surface area (Å²) in [5.41, 5.74) is 6.55. The molecular formula is C33H33N9O11S2. The number of hydrogen-bond acceptors (Lipinski definition) is 15. The molecule has 1 fully saturated rings. The summed E-state index contributed by atoms with van der Waals surface area (Å²) >= 11 is 0.968. The van der Waals surface area contributed by atoms with Crippen LogP contribution in [0.15, 0.2) is 89.4 Å². The van der Waals surface area contributed by atoms with Gasteiger partial charge in [0.1, 0.15) is 11.7 Å². The lowest BCUT2D eigenvalue weighted by Gasteiger charge is -2.36. The Labute approximate surface area is 316 Å². The number of oxime groups is 1. The van der Waals surface area contributed by atoms with E-state index in [4.69, 9.17) is 15.3 Å². The highest BCUT2D eigenvalue weighted by atomic mass is 32.2. The SMILES string of the molecule is CC(C)(ON=C(C(=O)NC1CN(C(=O)NS(=O)(=O)NNC(=O)Nc2ccc(O)c(O)c2)C1=O)c1csc(N)n1)C(=O)OC(c1ccccc1)c1ccccc1. The van der Waals surface area contributed by atoms with Crippen molar-refractivity contribution in [2.75, 3.05) is 17.6 Å². The van der Waals surface area contributed by atoms with E-state index in [1.807, 2.05) is 12.1 Å². The molecule has 3 aromatic carbocycles. The van der Waals surface area contributed by atoms with Crippen molar-refractivity contribution >= 4 is 67.9 Å². The van der Waals surface area contributed by atoms with Gasteiger partial charge in [0.15, 0.2) is 28.4 Å². The molecule has 0 aliphatic carbocycles. The number of likely N-dealkylation sites (tertiary alicyclic amines) is 1. The van der Waals surface area contributed by atoms with Crippen LogP contribution < -0.4 is 31.3 Å². The van der Waals surface area contributed by atoms with Gasteiger partial charge in [0.2, 0.25) is 5.60 Å². The average molecular weight is 796 g/mol. The van der Waals surface area contributed by atoms with Crippen LogP contribution in [0.5, 0.6) is 11.5 Å². The first-order chi connectivity index (χ1) is 26.0. The first-order valence-corrected chi connectivity index (χ1v) is 18.2. The minimum absolute atomic E-state index is 0.0182. The van der Waals surface area contributed by atoms with Crippen LogP contribution >= 0.6 is 11.3 Å². The van der Waals surface area contributed by atoms with E-state index in [-0.39, 0.29) is 16.5 Å². The molecular weight excluding hydrogens is 763 g/mol. The molecule has 1 unspecified atom stereocenters. The number of carbonyl (C=O) groups excluding carboxylic acids is 5. The highest BCUT2D eigenvalue weighted by Gasteiger charge is 2.44. The van der Waals surface area contributed by atoms with Crippen LogP contribution in [-0.4, -0.2) is 82.3 Å². The lowest BCUT2D eigenvalue weighted by molar-refractivity contribution is -0.172. The number of esters is 1. The molecule has 1 aliphatic rings. The van der Waals surface area contributed by atoms with Gasteiger partial charge < -0.3 is 36.2 Å². The number of imide groups is 1. The summed E-state index contributed by atoms with van der Waals surface area (Å²) in [4.78, 5) is 75.9. The number of urea groups is 2. The minimum Gasteiger partial charge on any atom is -0.504 e. The molecule has 1 aromatic heterocycles. The molecule has 0 spiro atoms. The van der Waals surface area contributed by atoms with Crippen molar-refractivity contribution in [3.63, 3.8) is 0 Å². The number of phenolic OH excluding ortho intramolecular Hbond substituents is 2. The predicted molar refractivity (Wildman–Crippen MR) is 195 cm³/mol. The fourth-order valence-corrected chi connectivity index (χ4v) is 5.81. The molecule has 288 valence electrons. The van der Waals surface area contributed by atoms with E-state index in [1.54, 1.807) is 58.8 Å². The lowest BCUT2D eigenvalue weighted by Crippen LogP contribution is -2.68. The minimum atomic E-state index is -4.77. The second kappa shape index (κ2) is 16.5. The van der Waals surface area contributed by atoms with Gasteiger partial charge in [-0.15, -0.1) is 16.2 Å². The van der Waals surface area contributed by atoms with E-state index in [1.165, 1.54) is 30.0 Å². The third-order valence-corrected chi connectivity index (χ3v) is 8.99. The molecule has 22 heteroatoms. The number of aromatic hydroxyl groups is 2. The molecule has 2 heterocycles. The number of phenols is 2. The summed E-state index contributed by atoms with van der Waals surface area (Å²) in [6.45, 7) is 2.26. The predicted octanol–water partition coefficient (Wildman–Crippen LogP) is 1.58. The first-order valence-electron chi connectivity index (χ1n) is 15.9. The van der Waals surface area contributed by atoms with Crippen LogP contribution in [0, 0.1) is 0 Å². The van der Waals surface area contributed by atoms with Crippen molar-refractivity contribution in [2.45, 2.75) is 31.6 Å². The molecule has 1 aliphatic heterocycles. The Morgan fingerprint density at radius 2 is 1.64 bits per heavy atom. The largest absolute Gasteiger partial charge is 0.504 e. The van der Waals surface area contributed by atoms with Crippen molar-refractivity contribution in [3.8, 4) is 11.5 Å². The van der Waals surface area contributed by atoms with Crippen LogP contribution in [0.2, 0.25) is 0 Å². The topological polar surface area (TPSA) is 293 Å². The van der Waals surface area contributed by atoms with Gasteiger partial charge in [-0.25, -0.2) is 24.1 Å². The number of nitrogens with two attached hydrogens (primary N) is 1. The maximum atomic E-state index is 13.5. The van der Waals surface area contributed by atoms with E-state index in [2.05, 4.69) is 20.8 Å². The van der Waals surface area contributed by atoms with Gasteiger partial charge in [0, 0.05) is 17.1 Å². The van der Waals surface area contributed by atoms with Gasteiger partial charge in [0.25, 0.3) is 11.8 Å². The summed E-state index contributed by atoms with van der Waals surface area (Å²) in [5.74, 6) is -3.86. The van der Waals surface area contributed by atoms with Gasteiger partial charge in [0.05, 0.1) is 6.54 Å². The lowest BCUT2D eigenvalue weighted by atomic mass is 10.0. The molecule has 5 rings (SSSR count). The third kappa shape index (κ3) is 10.0. The smallest absolute Gasteiger partial charge is 0.353 e. The summed E-state index contributed by atoms with van der Waals surface area (Å²) in [7, 11) is -4.77. The number of aromatic nitrogens is 1. The van der Waals surface area contributed by atoms with E-state index < -0.39 is 81.6 Å². The van der Waals surface area contributed by atoms with Gasteiger partial charge in [-0.2, -0.15) is 8.42 Å². The summed E-state index contributed by atoms with van der Waals surface area (Å²) in [6.07, 6.45) is -0.804. The normalized spacial score (nSPS) is 14.4. The van der Waals surface area contributed by atoms with Crippen LogP contribution in [0.25, 0.3) is 0 Å². The number of nitrogens with zero attached hydrogens (tertiary/aromatic N) is 3. The number of anilines is 2. The Balaban J connectivity index is 1.19. The Morgan fingerprint density at radius 1 is 1.00 bits per heavy atom. The molecule has 9 N–H and O–H groups in total. The number of benzene rings is 3. The standard InChI is InChI=1S/C33H33N9O11S2/c1-33(2,29(47)52-26(18-9-5-3-6-10-18)19-11-7-4-8-12-19)53-39-25(22-17-54-30(34)37-22)27(45)36-21-16-42(28(21)46)32(49)40-55(50,51)41-38-31(48)35-20-13-14-23(43)24(44)15-20/h3-15,17,21,26,41,43-44H,16H2,1-2H3,(H2,34,37)(H,36,45)(H,40,49)(H2,35,38,48). The number of rotatable bonds is 13. The molecule has 4 aromatic rings. The average Bonchev–Trinajstić information content (AvgIpc) is 3.58. The van der Waals surface area contributed by atoms with Crippen molar-refractivity contribution in [3.05, 3.63) is 101 Å². The number of hydrogen-bond donors (Lipinski definition) is 8. The van der Waals surface area contributed by atoms with Crippen molar-refractivity contribution in [2.24, 2.45) is 5.16 Å². The zero-order chi connectivity index (χ0) is 39.9. The van der Waals surface area contributed by atoms with Crippen molar-refractivity contribution in [1.29, 1.82) is 0 Å². The zero-order valence-corrected chi connectivity index (χ0v) is 30.4. The molecule has 1 atom stereocenters. The third-order valence-electron chi connectivity index (χ3n) is 7.50. The Kier molecular flexibility index (Phi) is 11.8. The van der Waals surface area contributed by atoms with Crippen LogP contribution in [0.3, 0.4) is 0 Å². The van der Waals surface area contributed by atoms with Crippen LogP contribution in [0.1, 0.15) is 36.8 Å². The van der Waals surface area contributed by atoms with Crippen molar-refractivity contribution < 1.29 is 52.2 Å². The molecule has 20 nitrogen and oxygen atoms in total. The summed E-state index contributed by atoms with van der Waals surface area (Å²) in [5, 5.41) is 28.7. The highest BCUT2D eigenvalue weighted by Crippen LogP contribution is 2.29. The molecule has 0 bridgehead atoms. The molecule has 6 amide bonds. The Morgan fingerprint density at radius 3 is 2.20 bits per heavy atom. The van der Waals surface area contributed by atoms with E-state index in [9.17, 15) is 42.6 Å². The number of carbonyl (C=O) groups is 5. The number of β-lactam (4-membered cyclic amide) rings is 1. The van der Waals surface area contributed by atoms with Gasteiger partial charge in [-0.1, -0.05) is 65.8 Å². The van der Waals surface area contributed by atoms with E-state index in [0.29, 0.717) is 16.0 Å². The number of nitrogens with one attached hydrogen (secondary N) is 5. The number of amides is 6. The summed E-state index contributed by atoms with van der Waals surface area (Å²) in [6, 6.07) is 17.4. The fourth-order valence-electron chi connectivity index (χ4n) is 4.65. The zero-order valence-electron chi connectivity index (χ0n) is 28.7. The second-order valence-electron chi connectivity index (χ2n) is 12.0. The molecule has 0 radical (unpaired) electrons. The summed E-state index contributed by atoms with van der Waals surface area (Å²) < 4.78 is 32.0. The molecule has 0 saturated carbocycles.